The number of alkyl halides is 3. The van der Waals surface area contributed by atoms with Crippen molar-refractivity contribution < 1.29 is 26.3 Å². The molecule has 5 rings (SSSR count). The van der Waals surface area contributed by atoms with Crippen molar-refractivity contribution in [3.8, 4) is 11.5 Å². The third-order valence-corrected chi connectivity index (χ3v) is 9.24. The van der Waals surface area contributed by atoms with E-state index >= 15 is 0 Å². The van der Waals surface area contributed by atoms with Crippen molar-refractivity contribution in [1.29, 1.82) is 0 Å². The molecular formula is C30H25Cl2F3N2O3S. The minimum Gasteiger partial charge on any atom is -0.457 e. The molecular weight excluding hydrogens is 596 g/mol. The normalized spacial score (nSPS) is 18.0. The lowest BCUT2D eigenvalue weighted by atomic mass is 9.90. The molecule has 11 heteroatoms. The number of ether oxygens (including phenoxy) is 1. The third-order valence-electron chi connectivity index (χ3n) is 6.95. The van der Waals surface area contributed by atoms with E-state index in [1.165, 1.54) is 36.4 Å². The van der Waals surface area contributed by atoms with Gasteiger partial charge in [-0.1, -0.05) is 59.6 Å². The molecule has 0 aliphatic carbocycles. The molecule has 5 nitrogen and oxygen atoms in total. The van der Waals surface area contributed by atoms with Crippen LogP contribution in [0.2, 0.25) is 10.0 Å². The van der Waals surface area contributed by atoms with E-state index in [0.29, 0.717) is 41.7 Å². The Morgan fingerprint density at radius 1 is 0.854 bits per heavy atom. The monoisotopic (exact) mass is 620 g/mol. The molecule has 4 aromatic rings. The standard InChI is InChI=1S/C30H25Cl2F3N2O3S/c31-27-15-8-23(18-28(27)32)29(16-17-37(20-29)19-21-4-2-1-3-5-21)36-41(38,39)26-13-11-25(12-14-26)40-24-9-6-22(7-10-24)30(33,34)35/h1-15,18,36H,16-17,19-20H2. The fraction of sp³-hybridized carbons (Fsp3) is 0.200. The minimum absolute atomic E-state index is 0.0122. The van der Waals surface area contributed by atoms with Crippen LogP contribution in [0.5, 0.6) is 11.5 Å². The van der Waals surface area contributed by atoms with E-state index in [-0.39, 0.29) is 16.4 Å². The molecule has 0 spiro atoms. The van der Waals surface area contributed by atoms with Crippen molar-refractivity contribution in [2.24, 2.45) is 0 Å². The second-order valence-corrected chi connectivity index (χ2v) is 12.4. The number of halogens is 5. The van der Waals surface area contributed by atoms with Crippen molar-refractivity contribution in [3.63, 3.8) is 0 Å². The van der Waals surface area contributed by atoms with Gasteiger partial charge in [0.15, 0.2) is 0 Å². The molecule has 1 heterocycles. The number of benzene rings is 4. The lowest BCUT2D eigenvalue weighted by molar-refractivity contribution is -0.137. The van der Waals surface area contributed by atoms with Crippen LogP contribution in [0.4, 0.5) is 13.2 Å². The van der Waals surface area contributed by atoms with E-state index in [4.69, 9.17) is 27.9 Å². The van der Waals surface area contributed by atoms with Crippen LogP contribution in [0.1, 0.15) is 23.1 Å². The molecule has 0 aromatic heterocycles. The SMILES string of the molecule is O=S(=O)(NC1(c2ccc(Cl)c(Cl)c2)CCN(Cc2ccccc2)C1)c1ccc(Oc2ccc(C(F)(F)F)cc2)cc1. The Morgan fingerprint density at radius 2 is 1.49 bits per heavy atom. The van der Waals surface area contributed by atoms with Crippen molar-refractivity contribution in [2.75, 3.05) is 13.1 Å². The van der Waals surface area contributed by atoms with Gasteiger partial charge in [0.1, 0.15) is 11.5 Å². The fourth-order valence-electron chi connectivity index (χ4n) is 4.89. The molecule has 0 radical (unpaired) electrons. The summed E-state index contributed by atoms with van der Waals surface area (Å²) in [6.45, 7) is 1.72. The van der Waals surface area contributed by atoms with Crippen LogP contribution in [0.3, 0.4) is 0 Å². The summed E-state index contributed by atoms with van der Waals surface area (Å²) in [7, 11) is -4.01. The molecule has 1 aliphatic rings. The highest BCUT2D eigenvalue weighted by molar-refractivity contribution is 7.89. The lowest BCUT2D eigenvalue weighted by Crippen LogP contribution is -2.47. The largest absolute Gasteiger partial charge is 0.457 e. The highest BCUT2D eigenvalue weighted by atomic mass is 35.5. The molecule has 214 valence electrons. The first-order valence-corrected chi connectivity index (χ1v) is 14.9. The molecule has 1 aliphatic heterocycles. The van der Waals surface area contributed by atoms with Crippen LogP contribution < -0.4 is 9.46 Å². The number of nitrogens with zero attached hydrogens (tertiary/aromatic N) is 1. The van der Waals surface area contributed by atoms with Crippen molar-refractivity contribution >= 4 is 33.2 Å². The highest BCUT2D eigenvalue weighted by Crippen LogP contribution is 2.38. The summed E-state index contributed by atoms with van der Waals surface area (Å²) in [5.41, 5.74) is 0.0665. The Bertz CT molecular complexity index is 1620. The van der Waals surface area contributed by atoms with E-state index in [2.05, 4.69) is 9.62 Å². The summed E-state index contributed by atoms with van der Waals surface area (Å²) < 4.78 is 74.3. The summed E-state index contributed by atoms with van der Waals surface area (Å²) in [5.74, 6) is 0.465. The topological polar surface area (TPSA) is 58.6 Å². The molecule has 4 aromatic carbocycles. The predicted octanol–water partition coefficient (Wildman–Crippen LogP) is 7.88. The maximum absolute atomic E-state index is 13.6. The molecule has 1 saturated heterocycles. The van der Waals surface area contributed by atoms with Gasteiger partial charge in [-0.2, -0.15) is 17.9 Å². The second-order valence-electron chi connectivity index (χ2n) is 9.86. The number of nitrogens with one attached hydrogen (secondary N) is 1. The van der Waals surface area contributed by atoms with Crippen molar-refractivity contribution in [1.82, 2.24) is 9.62 Å². The number of rotatable bonds is 8. The summed E-state index contributed by atoms with van der Waals surface area (Å²) in [6, 6.07) is 25.0. The summed E-state index contributed by atoms with van der Waals surface area (Å²) in [4.78, 5) is 2.19. The zero-order valence-electron chi connectivity index (χ0n) is 21.5. The van der Waals surface area contributed by atoms with Gasteiger partial charge in [0.05, 0.1) is 26.0 Å². The van der Waals surface area contributed by atoms with Gasteiger partial charge in [-0.25, -0.2) is 8.42 Å². The average Bonchev–Trinajstić information content (AvgIpc) is 3.33. The first-order valence-electron chi connectivity index (χ1n) is 12.6. The van der Waals surface area contributed by atoms with E-state index in [1.807, 2.05) is 30.3 Å². The zero-order chi connectivity index (χ0) is 29.3. The molecule has 41 heavy (non-hydrogen) atoms. The summed E-state index contributed by atoms with van der Waals surface area (Å²) >= 11 is 12.5. The van der Waals surface area contributed by atoms with Gasteiger partial charge in [0, 0.05) is 19.6 Å². The molecule has 1 atom stereocenters. The highest BCUT2D eigenvalue weighted by Gasteiger charge is 2.43. The number of hydrogen-bond donors (Lipinski definition) is 1. The number of hydrogen-bond acceptors (Lipinski definition) is 4. The number of likely N-dealkylation sites (tertiary alicyclic amines) is 1. The van der Waals surface area contributed by atoms with Gasteiger partial charge >= 0.3 is 6.18 Å². The zero-order valence-corrected chi connectivity index (χ0v) is 23.9. The summed E-state index contributed by atoms with van der Waals surface area (Å²) in [5, 5.41) is 0.699. The first-order chi connectivity index (χ1) is 19.4. The number of sulfonamides is 1. The maximum Gasteiger partial charge on any atom is 0.416 e. The van der Waals surface area contributed by atoms with Crippen LogP contribution in [-0.2, 0) is 28.3 Å². The molecule has 1 fully saturated rings. The molecule has 1 unspecified atom stereocenters. The van der Waals surface area contributed by atoms with Gasteiger partial charge in [-0.3, -0.25) is 4.90 Å². The van der Waals surface area contributed by atoms with Crippen LogP contribution in [0.15, 0.2) is 102 Å². The van der Waals surface area contributed by atoms with Crippen molar-refractivity contribution in [2.45, 2.75) is 29.6 Å². The third kappa shape index (κ3) is 6.88. The summed E-state index contributed by atoms with van der Waals surface area (Å²) in [6.07, 6.45) is -3.94. The van der Waals surface area contributed by atoms with E-state index in [9.17, 15) is 21.6 Å². The Kier molecular flexibility index (Phi) is 8.36. The smallest absolute Gasteiger partial charge is 0.416 e. The molecule has 1 N–H and O–H groups in total. The quantitative estimate of drug-likeness (QED) is 0.218. The van der Waals surface area contributed by atoms with Crippen LogP contribution in [-0.4, -0.2) is 26.4 Å². The van der Waals surface area contributed by atoms with Crippen LogP contribution >= 0.6 is 23.2 Å². The predicted molar refractivity (Wildman–Crippen MR) is 153 cm³/mol. The van der Waals surface area contributed by atoms with Gasteiger partial charge in [-0.05, 0) is 78.2 Å². The molecule has 0 saturated carbocycles. The van der Waals surface area contributed by atoms with Gasteiger partial charge < -0.3 is 4.74 Å². The van der Waals surface area contributed by atoms with Gasteiger partial charge in [0.2, 0.25) is 10.0 Å². The van der Waals surface area contributed by atoms with Gasteiger partial charge in [0.25, 0.3) is 0 Å². The van der Waals surface area contributed by atoms with Gasteiger partial charge in [-0.15, -0.1) is 0 Å². The van der Waals surface area contributed by atoms with Crippen LogP contribution in [0.25, 0.3) is 0 Å². The van der Waals surface area contributed by atoms with E-state index in [0.717, 1.165) is 17.7 Å². The Morgan fingerprint density at radius 3 is 2.10 bits per heavy atom. The Balaban J connectivity index is 1.37. The fourth-order valence-corrected chi connectivity index (χ4v) is 6.60. The lowest BCUT2D eigenvalue weighted by Gasteiger charge is -2.31. The Hall–Kier alpha value is -3.08. The first kappa shape index (κ1) is 29.4. The van der Waals surface area contributed by atoms with Crippen molar-refractivity contribution in [3.05, 3.63) is 124 Å². The maximum atomic E-state index is 13.6. The second kappa shape index (κ2) is 11.7. The minimum atomic E-state index is -4.45. The Labute approximate surface area is 246 Å². The van der Waals surface area contributed by atoms with E-state index < -0.39 is 27.3 Å². The average molecular weight is 622 g/mol. The van der Waals surface area contributed by atoms with E-state index in [1.54, 1.807) is 18.2 Å². The van der Waals surface area contributed by atoms with Crippen LogP contribution in [0, 0.1) is 0 Å². The molecule has 0 bridgehead atoms. The molecule has 0 amide bonds.